The predicted octanol–water partition coefficient (Wildman–Crippen LogP) is 3.99. The molecule has 9 heteroatoms. The summed E-state index contributed by atoms with van der Waals surface area (Å²) in [5.41, 5.74) is 1.54. The van der Waals surface area contributed by atoms with E-state index < -0.39 is 15.9 Å². The second-order valence-corrected chi connectivity index (χ2v) is 8.51. The Labute approximate surface area is 188 Å². The normalized spacial score (nSPS) is 11.0. The molecule has 0 aliphatic carbocycles. The highest BCUT2D eigenvalue weighted by molar-refractivity contribution is 7.92. The highest BCUT2D eigenvalue weighted by atomic mass is 32.2. The maximum atomic E-state index is 13.3. The molecule has 1 heterocycles. The summed E-state index contributed by atoms with van der Waals surface area (Å²) in [6.07, 6.45) is 1.52. The van der Waals surface area contributed by atoms with E-state index in [0.717, 1.165) is 0 Å². The van der Waals surface area contributed by atoms with Crippen LogP contribution in [0.15, 0.2) is 71.8 Å². The van der Waals surface area contributed by atoms with Gasteiger partial charge in [0, 0.05) is 30.7 Å². The van der Waals surface area contributed by atoms with E-state index in [-0.39, 0.29) is 10.6 Å². The molecule has 0 atom stereocenters. The molecular weight excluding hydrogens is 428 g/mol. The van der Waals surface area contributed by atoms with Crippen LogP contribution in [0.4, 0.5) is 17.1 Å². The molecule has 0 saturated carbocycles. The molecule has 168 valence electrons. The van der Waals surface area contributed by atoms with Gasteiger partial charge < -0.3 is 15.0 Å². The minimum absolute atomic E-state index is 0.0656. The topological polar surface area (TPSA) is 101 Å². The number of nitrogens with zero attached hydrogens (tertiary/aromatic N) is 2. The van der Waals surface area contributed by atoms with E-state index in [1.165, 1.54) is 12.3 Å². The van der Waals surface area contributed by atoms with Crippen LogP contribution in [-0.2, 0) is 10.0 Å². The highest BCUT2D eigenvalue weighted by Crippen LogP contribution is 2.30. The summed E-state index contributed by atoms with van der Waals surface area (Å²) in [4.78, 5) is 18.5. The number of aromatic nitrogens is 1. The van der Waals surface area contributed by atoms with E-state index in [0.29, 0.717) is 35.9 Å². The Morgan fingerprint density at radius 1 is 1.00 bits per heavy atom. The molecule has 0 unspecified atom stereocenters. The third-order valence-corrected chi connectivity index (χ3v) is 6.26. The lowest BCUT2D eigenvalue weighted by Gasteiger charge is -2.25. The number of amides is 1. The van der Waals surface area contributed by atoms with Crippen molar-refractivity contribution < 1.29 is 17.9 Å². The second-order valence-electron chi connectivity index (χ2n) is 6.86. The molecule has 0 aliphatic heterocycles. The minimum Gasteiger partial charge on any atom is -0.497 e. The summed E-state index contributed by atoms with van der Waals surface area (Å²) in [6, 6.07) is 16.4. The SMILES string of the molecule is CCN(CC)c1ccc(NC(=O)c2ccccn2)cc1S(=O)(=O)Nc1ccc(OC)cc1. The van der Waals surface area contributed by atoms with Gasteiger partial charge in [0.25, 0.3) is 15.9 Å². The smallest absolute Gasteiger partial charge is 0.274 e. The van der Waals surface area contributed by atoms with Crippen molar-refractivity contribution in [1.82, 2.24) is 4.98 Å². The quantitative estimate of drug-likeness (QED) is 0.507. The third-order valence-electron chi connectivity index (χ3n) is 4.85. The van der Waals surface area contributed by atoms with Crippen LogP contribution in [0.2, 0.25) is 0 Å². The van der Waals surface area contributed by atoms with Crippen LogP contribution in [0.25, 0.3) is 0 Å². The Kier molecular flexibility index (Phi) is 7.32. The maximum Gasteiger partial charge on any atom is 0.274 e. The zero-order valence-corrected chi connectivity index (χ0v) is 19.0. The summed E-state index contributed by atoms with van der Waals surface area (Å²) < 4.78 is 34.4. The van der Waals surface area contributed by atoms with Gasteiger partial charge in [-0.25, -0.2) is 8.42 Å². The molecule has 0 aliphatic rings. The highest BCUT2D eigenvalue weighted by Gasteiger charge is 2.23. The molecule has 2 aromatic carbocycles. The van der Waals surface area contributed by atoms with Crippen LogP contribution in [-0.4, -0.2) is 39.5 Å². The number of hydrogen-bond donors (Lipinski definition) is 2. The van der Waals surface area contributed by atoms with E-state index in [1.54, 1.807) is 61.7 Å². The number of anilines is 3. The monoisotopic (exact) mass is 454 g/mol. The fraction of sp³-hybridized carbons (Fsp3) is 0.217. The Morgan fingerprint density at radius 3 is 2.28 bits per heavy atom. The van der Waals surface area contributed by atoms with Crippen LogP contribution < -0.4 is 19.7 Å². The molecule has 0 fully saturated rings. The van der Waals surface area contributed by atoms with E-state index in [4.69, 9.17) is 4.74 Å². The van der Waals surface area contributed by atoms with Gasteiger partial charge in [-0.1, -0.05) is 6.07 Å². The van der Waals surface area contributed by atoms with Crippen molar-refractivity contribution in [3.05, 3.63) is 72.6 Å². The lowest BCUT2D eigenvalue weighted by molar-refractivity contribution is 0.102. The fourth-order valence-electron chi connectivity index (χ4n) is 3.19. The number of methoxy groups -OCH3 is 1. The van der Waals surface area contributed by atoms with Gasteiger partial charge in [0.1, 0.15) is 16.3 Å². The molecule has 0 spiro atoms. The predicted molar refractivity (Wildman–Crippen MR) is 126 cm³/mol. The van der Waals surface area contributed by atoms with Gasteiger partial charge >= 0.3 is 0 Å². The van der Waals surface area contributed by atoms with Gasteiger partial charge in [-0.05, 0) is 68.4 Å². The van der Waals surface area contributed by atoms with Gasteiger partial charge in [-0.15, -0.1) is 0 Å². The fourth-order valence-corrected chi connectivity index (χ4v) is 4.50. The van der Waals surface area contributed by atoms with E-state index in [1.807, 2.05) is 18.7 Å². The zero-order valence-electron chi connectivity index (χ0n) is 18.2. The largest absolute Gasteiger partial charge is 0.497 e. The summed E-state index contributed by atoms with van der Waals surface area (Å²) in [5, 5.41) is 2.72. The van der Waals surface area contributed by atoms with Crippen molar-refractivity contribution in [1.29, 1.82) is 0 Å². The lowest BCUT2D eigenvalue weighted by Crippen LogP contribution is -2.26. The van der Waals surface area contributed by atoms with Gasteiger partial charge in [0.15, 0.2) is 0 Å². The van der Waals surface area contributed by atoms with Crippen molar-refractivity contribution in [2.45, 2.75) is 18.7 Å². The van der Waals surface area contributed by atoms with E-state index in [2.05, 4.69) is 15.0 Å². The molecule has 1 amide bonds. The van der Waals surface area contributed by atoms with E-state index in [9.17, 15) is 13.2 Å². The van der Waals surface area contributed by atoms with Gasteiger partial charge in [-0.3, -0.25) is 14.5 Å². The van der Waals surface area contributed by atoms with Crippen molar-refractivity contribution in [2.75, 3.05) is 35.1 Å². The van der Waals surface area contributed by atoms with Gasteiger partial charge in [-0.2, -0.15) is 0 Å². The molecular formula is C23H26N4O4S. The number of rotatable bonds is 9. The molecule has 3 aromatic rings. The zero-order chi connectivity index (χ0) is 23.1. The Bertz CT molecular complexity index is 1160. The van der Waals surface area contributed by atoms with Crippen LogP contribution in [0.1, 0.15) is 24.3 Å². The minimum atomic E-state index is -3.95. The average molecular weight is 455 g/mol. The summed E-state index contributed by atoms with van der Waals surface area (Å²) in [7, 11) is -2.41. The number of pyridine rings is 1. The first-order valence-corrected chi connectivity index (χ1v) is 11.6. The standard InChI is InChI=1S/C23H26N4O4S/c1-4-27(5-2)21-14-11-18(25-23(28)20-8-6-7-15-24-20)16-22(21)32(29,30)26-17-9-12-19(31-3)13-10-17/h6-16,26H,4-5H2,1-3H3,(H,25,28). The average Bonchev–Trinajstić information content (AvgIpc) is 2.81. The lowest BCUT2D eigenvalue weighted by atomic mass is 10.2. The number of ether oxygens (including phenoxy) is 1. The summed E-state index contributed by atoms with van der Waals surface area (Å²) in [5.74, 6) is 0.198. The molecule has 0 saturated heterocycles. The van der Waals surface area contributed by atoms with Gasteiger partial charge in [0.05, 0.1) is 12.8 Å². The first-order valence-electron chi connectivity index (χ1n) is 10.2. The van der Waals surface area contributed by atoms with Crippen LogP contribution >= 0.6 is 0 Å². The molecule has 0 radical (unpaired) electrons. The van der Waals surface area contributed by atoms with Crippen molar-refractivity contribution in [3.63, 3.8) is 0 Å². The number of benzene rings is 2. The molecule has 8 nitrogen and oxygen atoms in total. The molecule has 2 N–H and O–H groups in total. The second kappa shape index (κ2) is 10.1. The summed E-state index contributed by atoms with van der Waals surface area (Å²) in [6.45, 7) is 5.16. The van der Waals surface area contributed by atoms with Gasteiger partial charge in [0.2, 0.25) is 0 Å². The number of nitrogens with one attached hydrogen (secondary N) is 2. The van der Waals surface area contributed by atoms with E-state index >= 15 is 0 Å². The number of carbonyl (C=O) groups excluding carboxylic acids is 1. The Balaban J connectivity index is 1.97. The molecule has 32 heavy (non-hydrogen) atoms. The van der Waals surface area contributed by atoms with Crippen molar-refractivity contribution in [2.24, 2.45) is 0 Å². The number of sulfonamides is 1. The first-order chi connectivity index (χ1) is 15.4. The van der Waals surface area contributed by atoms with Crippen LogP contribution in [0.3, 0.4) is 0 Å². The number of carbonyl (C=O) groups is 1. The number of hydrogen-bond acceptors (Lipinski definition) is 6. The third kappa shape index (κ3) is 5.36. The Morgan fingerprint density at radius 2 is 1.69 bits per heavy atom. The first kappa shape index (κ1) is 23.1. The maximum absolute atomic E-state index is 13.3. The van der Waals surface area contributed by atoms with Crippen molar-refractivity contribution >= 4 is 33.0 Å². The molecule has 0 bridgehead atoms. The summed E-state index contributed by atoms with van der Waals surface area (Å²) >= 11 is 0. The Hall–Kier alpha value is -3.59. The van der Waals surface area contributed by atoms with Crippen LogP contribution in [0.5, 0.6) is 5.75 Å². The van der Waals surface area contributed by atoms with Crippen LogP contribution in [0, 0.1) is 0 Å². The molecule has 1 aromatic heterocycles. The molecule has 3 rings (SSSR count). The van der Waals surface area contributed by atoms with Crippen molar-refractivity contribution in [3.8, 4) is 5.75 Å².